The Bertz CT molecular complexity index is 1490. The van der Waals surface area contributed by atoms with Crippen LogP contribution in [0.4, 0.5) is 0 Å². The molecule has 0 aliphatic heterocycles. The number of rotatable bonds is 14. The Morgan fingerprint density at radius 3 is 1.60 bits per heavy atom. The predicted molar refractivity (Wildman–Crippen MR) is 203 cm³/mol. The van der Waals surface area contributed by atoms with Crippen LogP contribution < -0.4 is 0 Å². The second-order valence-corrected chi connectivity index (χ2v) is 14.9. The van der Waals surface area contributed by atoms with E-state index in [-0.39, 0.29) is 41.8 Å². The highest BCUT2D eigenvalue weighted by molar-refractivity contribution is 5.72. The van der Waals surface area contributed by atoms with E-state index in [4.69, 9.17) is 4.74 Å². The molecule has 0 aromatic rings. The summed E-state index contributed by atoms with van der Waals surface area (Å²) in [6.07, 6.45) is 33.5. The van der Waals surface area contributed by atoms with E-state index in [0.29, 0.717) is 0 Å². The molecule has 260 valence electrons. The summed E-state index contributed by atoms with van der Waals surface area (Å²) in [5, 5.41) is 10.1. The molecular formula is C44H60O4. The number of carbonyl (C=O) groups is 2. The number of hydrogen-bond donors (Lipinski definition) is 1. The number of carbonyl (C=O) groups excluding carboxylic acids is 2. The van der Waals surface area contributed by atoms with Crippen molar-refractivity contribution < 1.29 is 19.4 Å². The lowest BCUT2D eigenvalue weighted by Gasteiger charge is -2.37. The fourth-order valence-corrected chi connectivity index (χ4v) is 6.60. The Kier molecular flexibility index (Phi) is 16.2. The van der Waals surface area contributed by atoms with Gasteiger partial charge in [-0.05, 0) is 82.8 Å². The van der Waals surface area contributed by atoms with Crippen LogP contribution in [0.15, 0.2) is 130 Å². The van der Waals surface area contributed by atoms with Gasteiger partial charge in [-0.1, -0.05) is 146 Å². The molecule has 0 saturated carbocycles. The van der Waals surface area contributed by atoms with Gasteiger partial charge in [-0.25, -0.2) is 0 Å². The van der Waals surface area contributed by atoms with Crippen molar-refractivity contribution in [2.75, 3.05) is 0 Å². The van der Waals surface area contributed by atoms with Crippen LogP contribution in [0, 0.1) is 10.8 Å². The molecular weight excluding hydrogens is 592 g/mol. The van der Waals surface area contributed by atoms with Gasteiger partial charge in [-0.2, -0.15) is 0 Å². The van der Waals surface area contributed by atoms with Gasteiger partial charge in [0.15, 0.2) is 0 Å². The summed E-state index contributed by atoms with van der Waals surface area (Å²) < 4.78 is 5.65. The normalized spacial score (nSPS) is 23.1. The van der Waals surface area contributed by atoms with Crippen LogP contribution in [0.1, 0.15) is 108 Å². The fourth-order valence-electron chi connectivity index (χ4n) is 6.60. The van der Waals surface area contributed by atoms with E-state index in [0.717, 1.165) is 43.1 Å². The van der Waals surface area contributed by atoms with Crippen molar-refractivity contribution in [2.45, 2.75) is 120 Å². The molecule has 2 rings (SSSR count). The van der Waals surface area contributed by atoms with Gasteiger partial charge < -0.3 is 14.6 Å². The zero-order valence-electron chi connectivity index (χ0n) is 31.2. The molecule has 2 unspecified atom stereocenters. The molecule has 2 atom stereocenters. The van der Waals surface area contributed by atoms with Crippen molar-refractivity contribution >= 4 is 12.3 Å². The average Bonchev–Trinajstić information content (AvgIpc) is 2.96. The number of hydrogen-bond acceptors (Lipinski definition) is 4. The Morgan fingerprint density at radius 2 is 1.15 bits per heavy atom. The smallest absolute Gasteiger partial charge is 0.306 e. The number of ether oxygens (including phenoxy) is 1. The van der Waals surface area contributed by atoms with Gasteiger partial charge in [0.1, 0.15) is 12.4 Å². The molecule has 2 aliphatic carbocycles. The summed E-state index contributed by atoms with van der Waals surface area (Å²) in [7, 11) is 0. The number of esters is 1. The minimum atomic E-state index is -0.294. The van der Waals surface area contributed by atoms with Crippen LogP contribution in [0.2, 0.25) is 0 Å². The SMILES string of the molecule is CC1=C(/C=C/C(C)=C/C=C/C(C)=C/C=C/C=C(C)/C=C/C=C(C)/C=C/C2=C(C)CC(OC(=O)CCC=O)CC2(C)C)C(C)(C)CC(O)C1. The summed E-state index contributed by atoms with van der Waals surface area (Å²) >= 11 is 0. The largest absolute Gasteiger partial charge is 0.462 e. The molecule has 48 heavy (non-hydrogen) atoms. The van der Waals surface area contributed by atoms with Gasteiger partial charge in [0.25, 0.3) is 0 Å². The van der Waals surface area contributed by atoms with Gasteiger partial charge in [0.05, 0.1) is 12.5 Å². The summed E-state index contributed by atoms with van der Waals surface area (Å²) in [5.41, 5.74) is 9.70. The van der Waals surface area contributed by atoms with Crippen molar-refractivity contribution in [3.63, 3.8) is 0 Å². The van der Waals surface area contributed by atoms with E-state index in [1.54, 1.807) is 0 Å². The molecule has 4 heteroatoms. The Balaban J connectivity index is 1.91. The van der Waals surface area contributed by atoms with Crippen LogP contribution in [-0.4, -0.2) is 29.6 Å². The zero-order chi connectivity index (χ0) is 35.9. The highest BCUT2D eigenvalue weighted by atomic mass is 16.5. The summed E-state index contributed by atoms with van der Waals surface area (Å²) in [5.74, 6) is -0.294. The zero-order valence-corrected chi connectivity index (χ0v) is 31.2. The highest BCUT2D eigenvalue weighted by Gasteiger charge is 2.34. The maximum Gasteiger partial charge on any atom is 0.306 e. The van der Waals surface area contributed by atoms with Gasteiger partial charge >= 0.3 is 5.97 Å². The molecule has 0 saturated heterocycles. The van der Waals surface area contributed by atoms with Gasteiger partial charge in [-0.15, -0.1) is 0 Å². The van der Waals surface area contributed by atoms with Crippen LogP contribution in [-0.2, 0) is 14.3 Å². The molecule has 0 aromatic heterocycles. The molecule has 4 nitrogen and oxygen atoms in total. The first-order valence-corrected chi connectivity index (χ1v) is 17.3. The summed E-state index contributed by atoms with van der Waals surface area (Å²) in [6, 6.07) is 0. The second-order valence-electron chi connectivity index (χ2n) is 14.9. The second kappa shape index (κ2) is 19.3. The van der Waals surface area contributed by atoms with E-state index in [1.165, 1.54) is 33.4 Å². The van der Waals surface area contributed by atoms with Gasteiger partial charge in [-0.3, -0.25) is 4.79 Å². The summed E-state index contributed by atoms with van der Waals surface area (Å²) in [6.45, 7) is 21.4. The monoisotopic (exact) mass is 652 g/mol. The molecule has 0 bridgehead atoms. The molecule has 0 radical (unpaired) electrons. The van der Waals surface area contributed by atoms with Gasteiger partial charge in [0.2, 0.25) is 0 Å². The lowest BCUT2D eigenvalue weighted by atomic mass is 9.71. The highest BCUT2D eigenvalue weighted by Crippen LogP contribution is 2.43. The van der Waals surface area contributed by atoms with E-state index in [2.05, 4.69) is 154 Å². The third-order valence-electron chi connectivity index (χ3n) is 8.99. The molecule has 1 N–H and O–H groups in total. The maximum atomic E-state index is 12.0. The van der Waals surface area contributed by atoms with Crippen LogP contribution in [0.5, 0.6) is 0 Å². The van der Waals surface area contributed by atoms with Crippen LogP contribution in [0.25, 0.3) is 0 Å². The first-order chi connectivity index (χ1) is 22.5. The van der Waals surface area contributed by atoms with Crippen molar-refractivity contribution in [2.24, 2.45) is 10.8 Å². The fraction of sp³-hybridized carbons (Fsp3) is 0.455. The van der Waals surface area contributed by atoms with Crippen molar-refractivity contribution in [1.82, 2.24) is 0 Å². The third kappa shape index (κ3) is 14.2. The number of aliphatic hydroxyl groups is 1. The minimum Gasteiger partial charge on any atom is -0.462 e. The Morgan fingerprint density at radius 1 is 0.708 bits per heavy atom. The third-order valence-corrected chi connectivity index (χ3v) is 8.99. The first-order valence-electron chi connectivity index (χ1n) is 17.3. The Labute approximate surface area is 291 Å². The van der Waals surface area contributed by atoms with E-state index >= 15 is 0 Å². The van der Waals surface area contributed by atoms with Gasteiger partial charge in [0, 0.05) is 12.8 Å². The minimum absolute atomic E-state index is 0.00698. The molecule has 0 fully saturated rings. The quantitative estimate of drug-likeness (QED) is 0.115. The lowest BCUT2D eigenvalue weighted by Crippen LogP contribution is -2.31. The van der Waals surface area contributed by atoms with Crippen molar-refractivity contribution in [1.29, 1.82) is 0 Å². The molecule has 2 aliphatic rings. The number of allylic oxidation sites excluding steroid dienone is 20. The van der Waals surface area contributed by atoms with Crippen molar-refractivity contribution in [3.05, 3.63) is 130 Å². The maximum absolute atomic E-state index is 12.0. The molecule has 0 amide bonds. The average molecular weight is 653 g/mol. The summed E-state index contributed by atoms with van der Waals surface area (Å²) in [4.78, 5) is 22.6. The predicted octanol–water partition coefficient (Wildman–Crippen LogP) is 11.1. The lowest BCUT2D eigenvalue weighted by molar-refractivity contribution is -0.151. The van der Waals surface area contributed by atoms with E-state index in [9.17, 15) is 14.7 Å². The first kappa shape index (κ1) is 40.4. The van der Waals surface area contributed by atoms with Crippen molar-refractivity contribution in [3.8, 4) is 0 Å². The topological polar surface area (TPSA) is 63.6 Å². The molecule has 0 spiro atoms. The number of aldehydes is 1. The molecule has 0 aromatic carbocycles. The van der Waals surface area contributed by atoms with Crippen LogP contribution >= 0.6 is 0 Å². The Hall–Kier alpha value is -3.76. The molecule has 0 heterocycles. The van der Waals surface area contributed by atoms with Crippen LogP contribution in [0.3, 0.4) is 0 Å². The standard InChI is InChI=1S/C44H60O4/c1-32(18-13-20-34(3)23-25-40-36(5)28-38(46)30-43(40,7)8)16-11-12-17-33(2)19-14-21-35(4)24-26-41-37(6)29-39(31-44(41,9)10)48-42(47)22-15-27-45/h11-14,16-21,23-27,38-39,46H,15,22,28-31H2,1-10H3/b12-11+,18-13+,19-14+,25-23+,26-24+,32-16+,33-17+,34-20+,35-21+. The number of aliphatic hydroxyl groups excluding tert-OH is 1. The van der Waals surface area contributed by atoms with E-state index < -0.39 is 0 Å². The van der Waals surface area contributed by atoms with E-state index in [1.807, 2.05) is 0 Å².